The number of aromatic hydroxyl groups is 5. The highest BCUT2D eigenvalue weighted by atomic mass is 16.5. The molecule has 5 N–H and O–H groups in total. The van der Waals surface area contributed by atoms with Crippen LogP contribution in [0.15, 0.2) is 91.0 Å². The van der Waals surface area contributed by atoms with Crippen molar-refractivity contribution in [2.24, 2.45) is 0 Å². The lowest BCUT2D eigenvalue weighted by molar-refractivity contribution is 0.329. The molecule has 0 unspecified atom stereocenters. The molecule has 1 heterocycles. The Morgan fingerprint density at radius 1 is 0.475 bits per heavy atom. The van der Waals surface area contributed by atoms with Crippen molar-refractivity contribution in [1.29, 1.82) is 0 Å². The molecule has 40 heavy (non-hydrogen) atoms. The van der Waals surface area contributed by atoms with Gasteiger partial charge < -0.3 is 30.3 Å². The first-order chi connectivity index (χ1) is 19.5. The van der Waals surface area contributed by atoms with Crippen LogP contribution in [0.5, 0.6) is 34.5 Å². The Hall–Kier alpha value is -5.36. The van der Waals surface area contributed by atoms with Gasteiger partial charge in [0.05, 0.1) is 12.2 Å². The molecule has 1 aliphatic rings. The van der Waals surface area contributed by atoms with Crippen LogP contribution in [0.4, 0.5) is 0 Å². The second-order valence-electron chi connectivity index (χ2n) is 9.94. The van der Waals surface area contributed by atoms with E-state index in [1.54, 1.807) is 6.07 Å². The van der Waals surface area contributed by atoms with Crippen molar-refractivity contribution >= 4 is 21.5 Å². The van der Waals surface area contributed by atoms with Gasteiger partial charge in [-0.3, -0.25) is 0 Å². The monoisotopic (exact) mass is 528 g/mol. The number of fused-ring (bicyclic) bond motifs is 3. The standard InChI is InChI=1S/C34H24O6/c35-29-28(30(36)32(38)33(39)31(29)37)25-17-20(16-19-14-15-40-34(19)25)27-23-12-6-4-10-21(23)26(18-8-2-1-3-9-18)22-11-5-7-13-24(22)27/h1-13,16-17,35-39H,14-15H2. The Bertz CT molecular complexity index is 1890. The average molecular weight is 529 g/mol. The molecule has 1 aliphatic heterocycles. The minimum atomic E-state index is -0.999. The van der Waals surface area contributed by atoms with Crippen molar-refractivity contribution in [3.63, 3.8) is 0 Å². The smallest absolute Gasteiger partial charge is 0.208 e. The lowest BCUT2D eigenvalue weighted by atomic mass is 9.84. The van der Waals surface area contributed by atoms with E-state index in [1.807, 2.05) is 42.5 Å². The van der Waals surface area contributed by atoms with Crippen molar-refractivity contribution in [3.8, 4) is 67.9 Å². The van der Waals surface area contributed by atoms with Gasteiger partial charge in [-0.05, 0) is 61.5 Å². The van der Waals surface area contributed by atoms with Crippen molar-refractivity contribution in [2.75, 3.05) is 6.61 Å². The molecule has 0 atom stereocenters. The van der Waals surface area contributed by atoms with Gasteiger partial charge >= 0.3 is 0 Å². The highest BCUT2D eigenvalue weighted by Crippen LogP contribution is 2.57. The first-order valence-corrected chi connectivity index (χ1v) is 12.9. The molecule has 0 aliphatic carbocycles. The molecule has 6 aromatic rings. The third-order valence-corrected chi connectivity index (χ3v) is 7.71. The molecule has 0 amide bonds. The van der Waals surface area contributed by atoms with Crippen molar-refractivity contribution in [2.45, 2.75) is 6.42 Å². The van der Waals surface area contributed by atoms with E-state index in [1.165, 1.54) is 0 Å². The van der Waals surface area contributed by atoms with Gasteiger partial charge in [-0.2, -0.15) is 0 Å². The Morgan fingerprint density at radius 2 is 0.950 bits per heavy atom. The van der Waals surface area contributed by atoms with Gasteiger partial charge in [-0.25, -0.2) is 0 Å². The number of phenolic OH excluding ortho intramolecular Hbond substituents is 5. The van der Waals surface area contributed by atoms with E-state index < -0.39 is 28.7 Å². The lowest BCUT2D eigenvalue weighted by Crippen LogP contribution is -1.94. The third-order valence-electron chi connectivity index (χ3n) is 7.71. The maximum atomic E-state index is 10.8. The van der Waals surface area contributed by atoms with E-state index in [0.29, 0.717) is 24.3 Å². The van der Waals surface area contributed by atoms with Crippen molar-refractivity contribution < 1.29 is 30.3 Å². The van der Waals surface area contributed by atoms with Crippen LogP contribution in [0.25, 0.3) is 54.9 Å². The summed E-state index contributed by atoms with van der Waals surface area (Å²) < 4.78 is 5.90. The van der Waals surface area contributed by atoms with E-state index in [2.05, 4.69) is 42.5 Å². The molecule has 0 bridgehead atoms. The summed E-state index contributed by atoms with van der Waals surface area (Å²) in [7, 11) is 0. The molecule has 0 fully saturated rings. The first kappa shape index (κ1) is 23.7. The molecular formula is C34H24O6. The van der Waals surface area contributed by atoms with Crippen LogP contribution in [0.1, 0.15) is 5.56 Å². The predicted octanol–water partition coefficient (Wildman–Crippen LogP) is 7.46. The highest BCUT2D eigenvalue weighted by molar-refractivity contribution is 6.21. The second kappa shape index (κ2) is 8.85. The third kappa shape index (κ3) is 3.36. The fourth-order valence-corrected chi connectivity index (χ4v) is 5.93. The molecular weight excluding hydrogens is 504 g/mol. The Balaban J connectivity index is 1.61. The van der Waals surface area contributed by atoms with Crippen LogP contribution in [0.2, 0.25) is 0 Å². The summed E-state index contributed by atoms with van der Waals surface area (Å²) in [6.07, 6.45) is 0.603. The molecule has 0 spiro atoms. The minimum Gasteiger partial charge on any atom is -0.504 e. The Morgan fingerprint density at radius 3 is 1.50 bits per heavy atom. The molecule has 6 nitrogen and oxygen atoms in total. The molecule has 0 saturated heterocycles. The number of phenols is 5. The molecule has 7 rings (SSSR count). The maximum absolute atomic E-state index is 10.8. The van der Waals surface area contributed by atoms with E-state index >= 15 is 0 Å². The topological polar surface area (TPSA) is 110 Å². The summed E-state index contributed by atoms with van der Waals surface area (Å²) in [5.41, 5.74) is 4.95. The van der Waals surface area contributed by atoms with Crippen LogP contribution in [-0.4, -0.2) is 32.1 Å². The SMILES string of the molecule is Oc1c(O)c(O)c(-c2cc(-c3c4ccccc4c(-c4ccccc4)c4ccccc34)cc3c2OCC3)c(O)c1O. The van der Waals surface area contributed by atoms with E-state index in [4.69, 9.17) is 4.74 Å². The molecule has 6 heteroatoms. The first-order valence-electron chi connectivity index (χ1n) is 12.9. The summed E-state index contributed by atoms with van der Waals surface area (Å²) in [4.78, 5) is 0. The number of ether oxygens (including phenoxy) is 1. The minimum absolute atomic E-state index is 0.220. The van der Waals surface area contributed by atoms with Gasteiger partial charge in [0.25, 0.3) is 0 Å². The number of hydrogen-bond donors (Lipinski definition) is 5. The number of benzene rings is 6. The quantitative estimate of drug-likeness (QED) is 0.0927. The van der Waals surface area contributed by atoms with Crippen LogP contribution in [0, 0.1) is 0 Å². The van der Waals surface area contributed by atoms with Crippen molar-refractivity contribution in [1.82, 2.24) is 0 Å². The van der Waals surface area contributed by atoms with Gasteiger partial charge in [0.15, 0.2) is 11.5 Å². The van der Waals surface area contributed by atoms with E-state index in [9.17, 15) is 25.5 Å². The predicted molar refractivity (Wildman–Crippen MR) is 155 cm³/mol. The van der Waals surface area contributed by atoms with Gasteiger partial charge in [0.2, 0.25) is 17.2 Å². The largest absolute Gasteiger partial charge is 0.504 e. The zero-order valence-electron chi connectivity index (χ0n) is 21.2. The summed E-state index contributed by atoms with van der Waals surface area (Å²) in [6, 6.07) is 30.5. The zero-order valence-corrected chi connectivity index (χ0v) is 21.2. The summed E-state index contributed by atoms with van der Waals surface area (Å²) in [5.74, 6) is -3.92. The van der Waals surface area contributed by atoms with Gasteiger partial charge in [-0.1, -0.05) is 78.9 Å². The van der Waals surface area contributed by atoms with Crippen LogP contribution >= 0.6 is 0 Å². The summed E-state index contributed by atoms with van der Waals surface area (Å²) in [6.45, 7) is 0.401. The number of hydrogen-bond acceptors (Lipinski definition) is 6. The van der Waals surface area contributed by atoms with Crippen LogP contribution in [-0.2, 0) is 6.42 Å². The average Bonchev–Trinajstić information content (AvgIpc) is 3.47. The van der Waals surface area contributed by atoms with Gasteiger partial charge in [0.1, 0.15) is 5.75 Å². The van der Waals surface area contributed by atoms with Gasteiger partial charge in [0, 0.05) is 12.0 Å². The van der Waals surface area contributed by atoms with Crippen molar-refractivity contribution in [3.05, 3.63) is 96.6 Å². The number of rotatable bonds is 3. The highest BCUT2D eigenvalue weighted by Gasteiger charge is 2.30. The molecule has 0 aromatic heterocycles. The molecule has 196 valence electrons. The fourth-order valence-electron chi connectivity index (χ4n) is 5.93. The maximum Gasteiger partial charge on any atom is 0.208 e. The van der Waals surface area contributed by atoms with E-state index in [-0.39, 0.29) is 5.56 Å². The Kier molecular flexibility index (Phi) is 5.25. The normalized spacial score (nSPS) is 12.5. The van der Waals surface area contributed by atoms with Crippen LogP contribution < -0.4 is 4.74 Å². The Labute approximate surface area is 229 Å². The molecule has 0 radical (unpaired) electrons. The summed E-state index contributed by atoms with van der Waals surface area (Å²) in [5, 5.41) is 56.4. The molecule has 6 aromatic carbocycles. The molecule has 0 saturated carbocycles. The van der Waals surface area contributed by atoms with Crippen LogP contribution in [0.3, 0.4) is 0 Å². The second-order valence-corrected chi connectivity index (χ2v) is 9.94. The lowest BCUT2D eigenvalue weighted by Gasteiger charge is -2.20. The van der Waals surface area contributed by atoms with E-state index in [0.717, 1.165) is 49.4 Å². The van der Waals surface area contributed by atoms with Gasteiger partial charge in [-0.15, -0.1) is 0 Å². The zero-order chi connectivity index (χ0) is 27.5. The summed E-state index contributed by atoms with van der Waals surface area (Å²) >= 11 is 0. The fraction of sp³-hybridized carbons (Fsp3) is 0.0588.